The fourth-order valence-corrected chi connectivity index (χ4v) is 3.44. The summed E-state index contributed by atoms with van der Waals surface area (Å²) in [5.74, 6) is 0.0741. The Morgan fingerprint density at radius 2 is 1.78 bits per heavy atom. The Kier molecular flexibility index (Phi) is 8.69. The highest BCUT2D eigenvalue weighted by Crippen LogP contribution is 2.20. The molecule has 0 aromatic heterocycles. The molecule has 0 spiro atoms. The van der Waals surface area contributed by atoms with E-state index in [0.717, 1.165) is 16.9 Å². The summed E-state index contributed by atoms with van der Waals surface area (Å²) in [6, 6.07) is 16.6. The fraction of sp³-hybridized carbons (Fsp3) is 0.333. The van der Waals surface area contributed by atoms with Crippen molar-refractivity contribution in [3.05, 3.63) is 65.2 Å². The van der Waals surface area contributed by atoms with Gasteiger partial charge in [-0.05, 0) is 43.2 Å². The van der Waals surface area contributed by atoms with Crippen LogP contribution in [0.5, 0.6) is 0 Å². The highest BCUT2D eigenvalue weighted by atomic mass is 35.5. The SMILES string of the molecule is CCCNC(=O)C(C)N(Cc1ccc(Cl)cc1)C(=O)CSc1ccccc1. The molecule has 1 unspecified atom stereocenters. The van der Waals surface area contributed by atoms with Crippen molar-refractivity contribution < 1.29 is 9.59 Å². The lowest BCUT2D eigenvalue weighted by Crippen LogP contribution is -2.48. The van der Waals surface area contributed by atoms with E-state index in [1.165, 1.54) is 11.8 Å². The quantitative estimate of drug-likeness (QED) is 0.631. The summed E-state index contributed by atoms with van der Waals surface area (Å²) in [5, 5.41) is 3.52. The third-order valence-electron chi connectivity index (χ3n) is 4.09. The molecule has 0 bridgehead atoms. The third kappa shape index (κ3) is 6.92. The Bertz CT molecular complexity index is 738. The number of nitrogens with zero attached hydrogens (tertiary/aromatic N) is 1. The lowest BCUT2D eigenvalue weighted by Gasteiger charge is -2.28. The molecule has 2 rings (SSSR count). The van der Waals surface area contributed by atoms with Gasteiger partial charge >= 0.3 is 0 Å². The van der Waals surface area contributed by atoms with Crippen LogP contribution in [-0.4, -0.2) is 35.1 Å². The highest BCUT2D eigenvalue weighted by molar-refractivity contribution is 8.00. The summed E-state index contributed by atoms with van der Waals surface area (Å²) < 4.78 is 0. The van der Waals surface area contributed by atoms with E-state index >= 15 is 0 Å². The minimum atomic E-state index is -0.545. The van der Waals surface area contributed by atoms with E-state index in [9.17, 15) is 9.59 Å². The fourth-order valence-electron chi connectivity index (χ4n) is 2.51. The van der Waals surface area contributed by atoms with Gasteiger partial charge in [0.05, 0.1) is 5.75 Å². The average Bonchev–Trinajstić information content (AvgIpc) is 2.70. The number of amides is 2. The van der Waals surface area contributed by atoms with Crippen molar-refractivity contribution in [3.8, 4) is 0 Å². The van der Waals surface area contributed by atoms with Crippen molar-refractivity contribution >= 4 is 35.2 Å². The molecular weight excluding hydrogens is 380 g/mol. The zero-order chi connectivity index (χ0) is 19.6. The average molecular weight is 405 g/mol. The second-order valence-corrected chi connectivity index (χ2v) is 7.70. The largest absolute Gasteiger partial charge is 0.354 e. The highest BCUT2D eigenvalue weighted by Gasteiger charge is 2.25. The van der Waals surface area contributed by atoms with E-state index in [-0.39, 0.29) is 17.6 Å². The standard InChI is InChI=1S/C21H25ClN2O2S/c1-3-13-23-21(26)16(2)24(14-17-9-11-18(22)12-10-17)20(25)15-27-19-7-5-4-6-8-19/h4-12,16H,3,13-15H2,1-2H3,(H,23,26). The number of benzene rings is 2. The molecule has 0 fully saturated rings. The van der Waals surface area contributed by atoms with Crippen LogP contribution in [0.2, 0.25) is 5.02 Å². The summed E-state index contributed by atoms with van der Waals surface area (Å²) in [5.41, 5.74) is 0.938. The van der Waals surface area contributed by atoms with Crippen molar-refractivity contribution in [3.63, 3.8) is 0 Å². The number of rotatable bonds is 9. The van der Waals surface area contributed by atoms with E-state index in [1.807, 2.05) is 49.4 Å². The smallest absolute Gasteiger partial charge is 0.242 e. The molecule has 0 saturated heterocycles. The number of halogens is 1. The van der Waals surface area contributed by atoms with Crippen LogP contribution in [0.4, 0.5) is 0 Å². The van der Waals surface area contributed by atoms with Crippen molar-refractivity contribution in [2.24, 2.45) is 0 Å². The van der Waals surface area contributed by atoms with Gasteiger partial charge < -0.3 is 10.2 Å². The summed E-state index contributed by atoms with van der Waals surface area (Å²) in [4.78, 5) is 28.0. The van der Waals surface area contributed by atoms with Crippen molar-refractivity contribution in [2.45, 2.75) is 37.8 Å². The normalized spacial score (nSPS) is 11.7. The van der Waals surface area contributed by atoms with Gasteiger partial charge in [0.2, 0.25) is 11.8 Å². The van der Waals surface area contributed by atoms with Crippen LogP contribution in [0.1, 0.15) is 25.8 Å². The van der Waals surface area contributed by atoms with E-state index in [2.05, 4.69) is 5.32 Å². The van der Waals surface area contributed by atoms with Crippen LogP contribution >= 0.6 is 23.4 Å². The van der Waals surface area contributed by atoms with Crippen molar-refractivity contribution in [2.75, 3.05) is 12.3 Å². The molecule has 0 aliphatic heterocycles. The molecule has 27 heavy (non-hydrogen) atoms. The van der Waals surface area contributed by atoms with Crippen LogP contribution in [0.15, 0.2) is 59.5 Å². The number of hydrogen-bond acceptors (Lipinski definition) is 3. The number of nitrogens with one attached hydrogen (secondary N) is 1. The van der Waals surface area contributed by atoms with Gasteiger partial charge in [-0.25, -0.2) is 0 Å². The Labute approximate surface area is 170 Å². The monoisotopic (exact) mass is 404 g/mol. The topological polar surface area (TPSA) is 49.4 Å². The van der Waals surface area contributed by atoms with E-state index in [1.54, 1.807) is 24.0 Å². The van der Waals surface area contributed by atoms with Crippen molar-refractivity contribution in [1.29, 1.82) is 0 Å². The molecular formula is C21H25ClN2O2S. The third-order valence-corrected chi connectivity index (χ3v) is 5.34. The number of carbonyl (C=O) groups is 2. The van der Waals surface area contributed by atoms with Crippen LogP contribution in [0.25, 0.3) is 0 Å². The lowest BCUT2D eigenvalue weighted by atomic mass is 10.1. The molecule has 0 aliphatic carbocycles. The predicted octanol–water partition coefficient (Wildman–Crippen LogP) is 4.38. The van der Waals surface area contributed by atoms with Gasteiger partial charge in [0.15, 0.2) is 0 Å². The molecule has 144 valence electrons. The first-order chi connectivity index (χ1) is 13.0. The van der Waals surface area contributed by atoms with Gasteiger partial charge in [0.25, 0.3) is 0 Å². The van der Waals surface area contributed by atoms with Gasteiger partial charge in [-0.2, -0.15) is 0 Å². The molecule has 2 amide bonds. The zero-order valence-corrected chi connectivity index (χ0v) is 17.2. The van der Waals surface area contributed by atoms with Gasteiger partial charge in [-0.1, -0.05) is 48.9 Å². The molecule has 4 nitrogen and oxygen atoms in total. The molecule has 0 saturated carbocycles. The molecule has 6 heteroatoms. The van der Waals surface area contributed by atoms with Crippen molar-refractivity contribution in [1.82, 2.24) is 10.2 Å². The van der Waals surface area contributed by atoms with Crippen LogP contribution in [-0.2, 0) is 16.1 Å². The molecule has 1 atom stereocenters. The Balaban J connectivity index is 2.10. The van der Waals surface area contributed by atoms with E-state index in [4.69, 9.17) is 11.6 Å². The van der Waals surface area contributed by atoms with Gasteiger partial charge in [0, 0.05) is 23.0 Å². The van der Waals surface area contributed by atoms with Gasteiger partial charge in [-0.15, -0.1) is 11.8 Å². The second-order valence-electron chi connectivity index (χ2n) is 6.22. The Hall–Kier alpha value is -1.98. The molecule has 2 aromatic carbocycles. The zero-order valence-electron chi connectivity index (χ0n) is 15.7. The Morgan fingerprint density at radius 3 is 2.41 bits per heavy atom. The Morgan fingerprint density at radius 1 is 1.11 bits per heavy atom. The van der Waals surface area contributed by atoms with Crippen LogP contribution < -0.4 is 5.32 Å². The predicted molar refractivity (Wildman–Crippen MR) is 112 cm³/mol. The number of thioether (sulfide) groups is 1. The second kappa shape index (κ2) is 11.0. The summed E-state index contributed by atoms with van der Waals surface area (Å²) >= 11 is 7.42. The lowest BCUT2D eigenvalue weighted by molar-refractivity contribution is -0.138. The maximum Gasteiger partial charge on any atom is 0.242 e. The first kappa shape index (κ1) is 21.3. The maximum absolute atomic E-state index is 12.9. The number of carbonyl (C=O) groups excluding carboxylic acids is 2. The number of hydrogen-bond donors (Lipinski definition) is 1. The summed E-state index contributed by atoms with van der Waals surface area (Å²) in [7, 11) is 0. The maximum atomic E-state index is 12.9. The molecule has 0 aliphatic rings. The minimum absolute atomic E-state index is 0.0713. The van der Waals surface area contributed by atoms with E-state index in [0.29, 0.717) is 18.1 Å². The minimum Gasteiger partial charge on any atom is -0.354 e. The first-order valence-electron chi connectivity index (χ1n) is 9.00. The van der Waals surface area contributed by atoms with Gasteiger partial charge in [-0.3, -0.25) is 9.59 Å². The summed E-state index contributed by atoms with van der Waals surface area (Å²) in [6.07, 6.45) is 0.855. The van der Waals surface area contributed by atoms with E-state index < -0.39 is 6.04 Å². The van der Waals surface area contributed by atoms with Crippen LogP contribution in [0.3, 0.4) is 0 Å². The van der Waals surface area contributed by atoms with Gasteiger partial charge in [0.1, 0.15) is 6.04 Å². The first-order valence-corrected chi connectivity index (χ1v) is 10.4. The molecule has 1 N–H and O–H groups in total. The summed E-state index contributed by atoms with van der Waals surface area (Å²) in [6.45, 7) is 4.74. The van der Waals surface area contributed by atoms with Crippen LogP contribution in [0, 0.1) is 0 Å². The molecule has 0 radical (unpaired) electrons. The molecule has 2 aromatic rings. The molecule has 0 heterocycles.